The fourth-order valence-electron chi connectivity index (χ4n) is 1.67. The molecule has 1 aromatic rings. The van der Waals surface area contributed by atoms with E-state index in [0.717, 1.165) is 37.7 Å². The Kier molecular flexibility index (Phi) is 9.43. The highest BCUT2D eigenvalue weighted by atomic mass is 35.5. The summed E-state index contributed by atoms with van der Waals surface area (Å²) in [6.07, 6.45) is 0. The maximum Gasteiger partial charge on any atom is 0.0642 e. The number of nitrogens with zero attached hydrogens (tertiary/aromatic N) is 1. The number of ether oxygens (including phenoxy) is 1. The normalized spacial score (nSPS) is 14.0. The minimum atomic E-state index is 0. The van der Waals surface area contributed by atoms with Gasteiger partial charge in [0.2, 0.25) is 0 Å². The number of benzene rings is 1. The fourth-order valence-corrected chi connectivity index (χ4v) is 1.67. The Morgan fingerprint density at radius 3 is 2.12 bits per heavy atom. The van der Waals surface area contributed by atoms with E-state index < -0.39 is 0 Å². The Morgan fingerprint density at radius 1 is 1.00 bits per heavy atom. The molecule has 1 saturated heterocycles. The molecule has 1 aliphatic rings. The molecule has 0 bridgehead atoms. The third kappa shape index (κ3) is 4.68. The van der Waals surface area contributed by atoms with Crippen LogP contribution < -0.4 is 16.4 Å². The molecule has 0 spiro atoms. The molecule has 0 amide bonds. The Labute approximate surface area is 120 Å². The largest absolute Gasteiger partial charge is 0.399 e. The summed E-state index contributed by atoms with van der Waals surface area (Å²) in [4.78, 5) is 2.22. The smallest absolute Gasteiger partial charge is 0.0642 e. The van der Waals surface area contributed by atoms with Crippen LogP contribution in [0, 0.1) is 0 Å². The summed E-state index contributed by atoms with van der Waals surface area (Å²) >= 11 is 0. The van der Waals surface area contributed by atoms with Crippen LogP contribution >= 0.6 is 37.2 Å². The van der Waals surface area contributed by atoms with Gasteiger partial charge < -0.3 is 21.1 Å². The van der Waals surface area contributed by atoms with Gasteiger partial charge in [-0.1, -0.05) is 0 Å². The lowest BCUT2D eigenvalue weighted by atomic mass is 10.2. The molecule has 4 N–H and O–H groups in total. The molecule has 0 unspecified atom stereocenters. The summed E-state index contributed by atoms with van der Waals surface area (Å²) in [7, 11) is 0. The molecule has 1 aliphatic heterocycles. The number of nitrogen functional groups attached to an aromatic ring is 2. The van der Waals surface area contributed by atoms with Crippen LogP contribution in [0.2, 0.25) is 0 Å². The van der Waals surface area contributed by atoms with Crippen LogP contribution in [-0.2, 0) is 4.74 Å². The molecule has 0 radical (unpaired) electrons. The van der Waals surface area contributed by atoms with Gasteiger partial charge in [-0.15, -0.1) is 37.2 Å². The first-order chi connectivity index (χ1) is 6.77. The zero-order valence-corrected chi connectivity index (χ0v) is 11.7. The zero-order chi connectivity index (χ0) is 9.97. The van der Waals surface area contributed by atoms with Gasteiger partial charge in [0.1, 0.15) is 0 Å². The summed E-state index contributed by atoms with van der Waals surface area (Å²) in [6.45, 7) is 3.33. The number of anilines is 3. The molecule has 0 saturated carbocycles. The maximum atomic E-state index is 5.89. The van der Waals surface area contributed by atoms with Gasteiger partial charge in [-0.2, -0.15) is 0 Å². The minimum absolute atomic E-state index is 0. The van der Waals surface area contributed by atoms with Crippen LogP contribution in [0.4, 0.5) is 17.1 Å². The van der Waals surface area contributed by atoms with Gasteiger partial charge in [0.25, 0.3) is 0 Å². The summed E-state index contributed by atoms with van der Waals surface area (Å²) in [5.74, 6) is 0. The Morgan fingerprint density at radius 2 is 1.59 bits per heavy atom. The predicted molar refractivity (Wildman–Crippen MR) is 80.0 cm³/mol. The number of morpholine rings is 1. The van der Waals surface area contributed by atoms with Crippen LogP contribution in [0.5, 0.6) is 0 Å². The van der Waals surface area contributed by atoms with Gasteiger partial charge in [0.15, 0.2) is 0 Å². The van der Waals surface area contributed by atoms with Crippen molar-refractivity contribution >= 4 is 54.3 Å². The van der Waals surface area contributed by atoms with E-state index in [-0.39, 0.29) is 37.2 Å². The van der Waals surface area contributed by atoms with Crippen molar-refractivity contribution in [1.29, 1.82) is 0 Å². The zero-order valence-electron chi connectivity index (χ0n) is 9.30. The number of nitrogens with two attached hydrogens (primary N) is 2. The Balaban J connectivity index is 0. The number of rotatable bonds is 1. The van der Waals surface area contributed by atoms with Gasteiger partial charge in [0, 0.05) is 18.8 Å². The van der Waals surface area contributed by atoms with E-state index in [1.165, 1.54) is 0 Å². The van der Waals surface area contributed by atoms with E-state index in [1.54, 1.807) is 6.07 Å². The topological polar surface area (TPSA) is 64.5 Å². The van der Waals surface area contributed by atoms with Gasteiger partial charge >= 0.3 is 0 Å². The second kappa shape index (κ2) is 8.53. The van der Waals surface area contributed by atoms with Crippen LogP contribution in [0.15, 0.2) is 18.2 Å². The molecular weight excluding hydrogens is 284 g/mol. The van der Waals surface area contributed by atoms with Crippen molar-refractivity contribution in [2.75, 3.05) is 42.7 Å². The van der Waals surface area contributed by atoms with E-state index in [2.05, 4.69) is 4.90 Å². The predicted octanol–water partition coefficient (Wildman–Crippen LogP) is 1.95. The van der Waals surface area contributed by atoms with Crippen molar-refractivity contribution in [3.8, 4) is 0 Å². The lowest BCUT2D eigenvalue weighted by Crippen LogP contribution is -2.36. The second-order valence-electron chi connectivity index (χ2n) is 3.42. The van der Waals surface area contributed by atoms with Gasteiger partial charge in [-0.05, 0) is 18.2 Å². The average Bonchev–Trinajstić information content (AvgIpc) is 2.19. The van der Waals surface area contributed by atoms with Crippen LogP contribution in [0.1, 0.15) is 0 Å². The van der Waals surface area contributed by atoms with E-state index >= 15 is 0 Å². The molecule has 1 aromatic carbocycles. The first kappa shape index (κ1) is 18.8. The summed E-state index contributed by atoms with van der Waals surface area (Å²) in [6, 6.07) is 5.64. The van der Waals surface area contributed by atoms with E-state index in [1.807, 2.05) is 12.1 Å². The molecule has 7 heteroatoms. The SMILES string of the molecule is Cl.Cl.Cl.Nc1ccc(N2CCOCC2)c(N)c1. The molecule has 0 aromatic heterocycles. The number of halogens is 3. The van der Waals surface area contributed by atoms with E-state index in [0.29, 0.717) is 5.69 Å². The van der Waals surface area contributed by atoms with Gasteiger partial charge in [0.05, 0.1) is 24.6 Å². The lowest BCUT2D eigenvalue weighted by Gasteiger charge is -2.29. The Hall–Kier alpha value is -0.550. The van der Waals surface area contributed by atoms with Crippen molar-refractivity contribution in [1.82, 2.24) is 0 Å². The Bertz CT molecular complexity index is 333. The third-order valence-electron chi connectivity index (χ3n) is 2.40. The van der Waals surface area contributed by atoms with Gasteiger partial charge in [-0.25, -0.2) is 0 Å². The highest BCUT2D eigenvalue weighted by Crippen LogP contribution is 2.25. The van der Waals surface area contributed by atoms with Crippen molar-refractivity contribution in [2.45, 2.75) is 0 Å². The van der Waals surface area contributed by atoms with Crippen LogP contribution in [0.25, 0.3) is 0 Å². The fraction of sp³-hybridized carbons (Fsp3) is 0.400. The monoisotopic (exact) mass is 301 g/mol. The summed E-state index contributed by atoms with van der Waals surface area (Å²) < 4.78 is 5.28. The minimum Gasteiger partial charge on any atom is -0.399 e. The highest BCUT2D eigenvalue weighted by molar-refractivity contribution is 5.86. The lowest BCUT2D eigenvalue weighted by molar-refractivity contribution is 0.123. The molecular formula is C10H18Cl3N3O. The molecule has 100 valence electrons. The second-order valence-corrected chi connectivity index (χ2v) is 3.42. The molecule has 2 rings (SSSR count). The highest BCUT2D eigenvalue weighted by Gasteiger charge is 2.13. The first-order valence-electron chi connectivity index (χ1n) is 4.75. The third-order valence-corrected chi connectivity index (χ3v) is 2.40. The van der Waals surface area contributed by atoms with Crippen molar-refractivity contribution in [2.24, 2.45) is 0 Å². The quantitative estimate of drug-likeness (QED) is 0.778. The van der Waals surface area contributed by atoms with E-state index in [4.69, 9.17) is 16.2 Å². The molecule has 1 heterocycles. The maximum absolute atomic E-state index is 5.89. The molecule has 0 aliphatic carbocycles. The molecule has 4 nitrogen and oxygen atoms in total. The molecule has 1 fully saturated rings. The standard InChI is InChI=1S/C10H15N3O.3ClH/c11-8-1-2-10(9(12)7-8)13-3-5-14-6-4-13;;;/h1-2,7H,3-6,11-12H2;3*1H. The first-order valence-corrected chi connectivity index (χ1v) is 4.75. The molecule has 17 heavy (non-hydrogen) atoms. The summed E-state index contributed by atoms with van der Waals surface area (Å²) in [5.41, 5.74) is 14.0. The van der Waals surface area contributed by atoms with Crippen LogP contribution in [-0.4, -0.2) is 26.3 Å². The number of hydrogen-bond acceptors (Lipinski definition) is 4. The van der Waals surface area contributed by atoms with Crippen molar-refractivity contribution < 1.29 is 4.74 Å². The average molecular weight is 303 g/mol. The van der Waals surface area contributed by atoms with E-state index in [9.17, 15) is 0 Å². The van der Waals surface area contributed by atoms with Crippen LogP contribution in [0.3, 0.4) is 0 Å². The summed E-state index contributed by atoms with van der Waals surface area (Å²) in [5, 5.41) is 0. The number of hydrogen-bond donors (Lipinski definition) is 2. The van der Waals surface area contributed by atoms with Crippen molar-refractivity contribution in [3.63, 3.8) is 0 Å². The van der Waals surface area contributed by atoms with Crippen molar-refractivity contribution in [3.05, 3.63) is 18.2 Å². The molecule has 0 atom stereocenters. The van der Waals surface area contributed by atoms with Gasteiger partial charge in [-0.3, -0.25) is 0 Å².